The molecular formula is C27H27BO4. The van der Waals surface area contributed by atoms with Crippen LogP contribution in [0.1, 0.15) is 41.7 Å². The minimum Gasteiger partial charge on any atom is -0.426 e. The van der Waals surface area contributed by atoms with Gasteiger partial charge in [-0.05, 0) is 69.0 Å². The van der Waals surface area contributed by atoms with Crippen molar-refractivity contribution in [2.24, 2.45) is 0 Å². The van der Waals surface area contributed by atoms with Gasteiger partial charge in [0.15, 0.2) is 0 Å². The summed E-state index contributed by atoms with van der Waals surface area (Å²) in [5, 5.41) is 0. The zero-order chi connectivity index (χ0) is 23.3. The van der Waals surface area contributed by atoms with E-state index < -0.39 is 0 Å². The Balaban J connectivity index is 2.03. The minimum atomic E-state index is -0.349. The van der Waals surface area contributed by atoms with E-state index in [-0.39, 0.29) is 18.7 Å². The number of fused-ring (bicyclic) bond motifs is 3. The number of ether oxygens (including phenoxy) is 2. The van der Waals surface area contributed by atoms with Gasteiger partial charge in [0.25, 0.3) is 0 Å². The van der Waals surface area contributed by atoms with E-state index in [0.717, 1.165) is 22.3 Å². The van der Waals surface area contributed by atoms with Crippen molar-refractivity contribution in [2.75, 3.05) is 0 Å². The molecule has 4 nitrogen and oxygen atoms in total. The van der Waals surface area contributed by atoms with Gasteiger partial charge in [-0.3, -0.25) is 9.59 Å². The molecule has 5 heteroatoms. The number of carbonyl (C=O) groups is 2. The Hall–Kier alpha value is -3.34. The van der Waals surface area contributed by atoms with Crippen molar-refractivity contribution in [1.29, 1.82) is 0 Å². The molecule has 0 saturated heterocycles. The van der Waals surface area contributed by atoms with E-state index in [1.165, 1.54) is 46.9 Å². The van der Waals surface area contributed by atoms with Gasteiger partial charge in [0, 0.05) is 13.8 Å². The van der Waals surface area contributed by atoms with Gasteiger partial charge in [0.05, 0.1) is 0 Å². The summed E-state index contributed by atoms with van der Waals surface area (Å²) in [6, 6.07) is 12.6. The molecule has 1 aliphatic heterocycles. The predicted octanol–water partition coefficient (Wildman–Crippen LogP) is 3.58. The van der Waals surface area contributed by atoms with E-state index in [0.29, 0.717) is 11.5 Å². The monoisotopic (exact) mass is 426 g/mol. The smallest absolute Gasteiger partial charge is 0.308 e. The molecule has 0 atom stereocenters. The van der Waals surface area contributed by atoms with Crippen LogP contribution in [-0.2, 0) is 9.59 Å². The topological polar surface area (TPSA) is 52.6 Å². The van der Waals surface area contributed by atoms with Crippen molar-refractivity contribution in [1.82, 2.24) is 0 Å². The zero-order valence-corrected chi connectivity index (χ0v) is 19.7. The molecule has 3 aromatic carbocycles. The van der Waals surface area contributed by atoms with Crippen LogP contribution in [-0.4, -0.2) is 18.7 Å². The summed E-state index contributed by atoms with van der Waals surface area (Å²) in [7, 11) is 0. The van der Waals surface area contributed by atoms with Crippen LogP contribution in [0.4, 0.5) is 0 Å². The van der Waals surface area contributed by atoms with E-state index in [1.54, 1.807) is 0 Å². The highest BCUT2D eigenvalue weighted by Gasteiger charge is 2.37. The van der Waals surface area contributed by atoms with Crippen molar-refractivity contribution in [3.05, 3.63) is 64.2 Å². The fraction of sp³-hybridized carbons (Fsp3) is 0.259. The molecule has 0 aromatic heterocycles. The molecule has 0 saturated carbocycles. The van der Waals surface area contributed by atoms with Crippen LogP contribution in [0.3, 0.4) is 0 Å². The molecule has 0 amide bonds. The number of rotatable bonds is 3. The van der Waals surface area contributed by atoms with Gasteiger partial charge in [-0.25, -0.2) is 0 Å². The molecule has 0 bridgehead atoms. The maximum atomic E-state index is 11.7. The molecule has 0 N–H and O–H groups in total. The highest BCUT2D eigenvalue weighted by Crippen LogP contribution is 2.33. The van der Waals surface area contributed by atoms with Crippen molar-refractivity contribution < 1.29 is 19.1 Å². The Morgan fingerprint density at radius 3 is 1.41 bits per heavy atom. The van der Waals surface area contributed by atoms with Crippen LogP contribution >= 0.6 is 0 Å². The molecule has 1 aliphatic rings. The van der Waals surface area contributed by atoms with E-state index in [4.69, 9.17) is 9.47 Å². The van der Waals surface area contributed by atoms with Gasteiger partial charge in [0.2, 0.25) is 6.71 Å². The Kier molecular flexibility index (Phi) is 5.45. The molecule has 1 heterocycles. The molecule has 3 aromatic rings. The van der Waals surface area contributed by atoms with Crippen molar-refractivity contribution in [3.8, 4) is 22.6 Å². The lowest BCUT2D eigenvalue weighted by atomic mass is 9.37. The van der Waals surface area contributed by atoms with E-state index in [9.17, 15) is 9.59 Å². The first-order chi connectivity index (χ1) is 15.1. The van der Waals surface area contributed by atoms with Crippen LogP contribution < -0.4 is 25.9 Å². The van der Waals surface area contributed by atoms with E-state index >= 15 is 0 Å². The van der Waals surface area contributed by atoms with Crippen LogP contribution in [0, 0.1) is 34.6 Å². The van der Waals surface area contributed by atoms with Gasteiger partial charge in [0.1, 0.15) is 11.5 Å². The molecule has 0 fully saturated rings. The van der Waals surface area contributed by atoms with Gasteiger partial charge < -0.3 is 9.47 Å². The second-order valence-corrected chi connectivity index (χ2v) is 8.84. The number of hydrogen-bond donors (Lipinski definition) is 0. The maximum absolute atomic E-state index is 11.7. The standard InChI is InChI=1S/C27H27BO4/c1-14-8-17(4)27(18(5)9-14)28-23-10-15(2)25(31-19(6)29)12-21(23)22-13-26(32-20(7)30)16(3)11-24(22)28/h8-13H,1-7H3. The first-order valence-corrected chi connectivity index (χ1v) is 10.8. The second-order valence-electron chi connectivity index (χ2n) is 8.84. The molecule has 0 unspecified atom stereocenters. The lowest BCUT2D eigenvalue weighted by Crippen LogP contribution is -2.51. The first-order valence-electron chi connectivity index (χ1n) is 10.8. The molecule has 162 valence electrons. The Labute approximate surface area is 189 Å². The van der Waals surface area contributed by atoms with Crippen LogP contribution in [0.2, 0.25) is 0 Å². The Bertz CT molecular complexity index is 1190. The van der Waals surface area contributed by atoms with Gasteiger partial charge in [-0.15, -0.1) is 0 Å². The number of aryl methyl sites for hydroxylation is 5. The fourth-order valence-corrected chi connectivity index (χ4v) is 5.02. The number of carbonyl (C=O) groups excluding carboxylic acids is 2. The second kappa shape index (κ2) is 7.97. The third kappa shape index (κ3) is 3.73. The average Bonchev–Trinajstić information content (AvgIpc) is 2.93. The third-order valence-electron chi connectivity index (χ3n) is 6.14. The molecule has 0 spiro atoms. The normalized spacial score (nSPS) is 11.8. The lowest BCUT2D eigenvalue weighted by molar-refractivity contribution is -0.132. The van der Waals surface area contributed by atoms with Crippen molar-refractivity contribution >= 4 is 35.0 Å². The molecule has 0 radical (unpaired) electrons. The Morgan fingerprint density at radius 2 is 1.03 bits per heavy atom. The SMILES string of the molecule is CC(=O)Oc1cc2c(cc1C)B(c1c(C)cc(C)cc1C)c1cc(C)c(OC(C)=O)cc1-2. The summed E-state index contributed by atoms with van der Waals surface area (Å²) in [6.07, 6.45) is 0. The summed E-state index contributed by atoms with van der Waals surface area (Å²) in [5.41, 5.74) is 11.2. The number of esters is 2. The van der Waals surface area contributed by atoms with Crippen LogP contribution in [0.15, 0.2) is 36.4 Å². The maximum Gasteiger partial charge on any atom is 0.308 e. The minimum absolute atomic E-state index is 0.0516. The molecule has 0 aliphatic carbocycles. The summed E-state index contributed by atoms with van der Waals surface area (Å²) in [5.74, 6) is 0.403. The summed E-state index contributed by atoms with van der Waals surface area (Å²) in [6.45, 7) is 13.2. The summed E-state index contributed by atoms with van der Waals surface area (Å²) < 4.78 is 11.0. The van der Waals surface area contributed by atoms with E-state index in [2.05, 4.69) is 45.0 Å². The third-order valence-corrected chi connectivity index (χ3v) is 6.14. The van der Waals surface area contributed by atoms with Crippen LogP contribution in [0.25, 0.3) is 11.1 Å². The molecule has 32 heavy (non-hydrogen) atoms. The van der Waals surface area contributed by atoms with Crippen molar-refractivity contribution in [3.63, 3.8) is 0 Å². The summed E-state index contributed by atoms with van der Waals surface area (Å²) in [4.78, 5) is 23.3. The summed E-state index contributed by atoms with van der Waals surface area (Å²) >= 11 is 0. The molecular weight excluding hydrogens is 399 g/mol. The van der Waals surface area contributed by atoms with Gasteiger partial charge in [-0.1, -0.05) is 57.3 Å². The number of benzene rings is 3. The van der Waals surface area contributed by atoms with E-state index in [1.807, 2.05) is 26.0 Å². The highest BCUT2D eigenvalue weighted by atomic mass is 16.5. The average molecular weight is 426 g/mol. The molecule has 4 rings (SSSR count). The highest BCUT2D eigenvalue weighted by molar-refractivity contribution is 6.99. The fourth-order valence-electron chi connectivity index (χ4n) is 5.02. The predicted molar refractivity (Wildman–Crippen MR) is 129 cm³/mol. The first kappa shape index (κ1) is 21.9. The zero-order valence-electron chi connectivity index (χ0n) is 19.7. The van der Waals surface area contributed by atoms with Crippen molar-refractivity contribution in [2.45, 2.75) is 48.5 Å². The Morgan fingerprint density at radius 1 is 0.625 bits per heavy atom. The largest absolute Gasteiger partial charge is 0.426 e. The number of hydrogen-bond acceptors (Lipinski definition) is 4. The van der Waals surface area contributed by atoms with Gasteiger partial charge >= 0.3 is 11.9 Å². The lowest BCUT2D eigenvalue weighted by Gasteiger charge is -2.19. The van der Waals surface area contributed by atoms with Gasteiger partial charge in [-0.2, -0.15) is 0 Å². The quantitative estimate of drug-likeness (QED) is 0.286. The van der Waals surface area contributed by atoms with Crippen LogP contribution in [0.5, 0.6) is 11.5 Å².